The second-order valence-electron chi connectivity index (χ2n) is 6.50. The number of pyridine rings is 1. The number of carbonyl (C=O) groups is 1. The highest BCUT2D eigenvalue weighted by atomic mass is 35.5. The first-order valence-electron chi connectivity index (χ1n) is 8.49. The molecule has 2 fully saturated rings. The number of likely N-dealkylation sites (tertiary alicyclic amines) is 1. The second kappa shape index (κ2) is 7.49. The minimum Gasteiger partial charge on any atom is -0.396 e. The number of anilines is 1. The Morgan fingerprint density at radius 3 is 2.52 bits per heavy atom. The standard InChI is InChI=1S/C17H24ClN3O2/c18-15-10-14(17(23)21-6-2-1-3-7-21)11-19-16(15)20-8-4-13(12-22)5-9-20/h10-11,13,22H,1-9,12H2. The van der Waals surface area contributed by atoms with Crippen molar-refractivity contribution in [2.75, 3.05) is 37.7 Å². The smallest absolute Gasteiger partial charge is 0.255 e. The van der Waals surface area contributed by atoms with Crippen LogP contribution in [0.1, 0.15) is 42.5 Å². The topological polar surface area (TPSA) is 56.7 Å². The fraction of sp³-hybridized carbons (Fsp3) is 0.647. The summed E-state index contributed by atoms with van der Waals surface area (Å²) in [6.45, 7) is 3.59. The van der Waals surface area contributed by atoms with Crippen LogP contribution in [0.25, 0.3) is 0 Å². The molecule has 6 heteroatoms. The van der Waals surface area contributed by atoms with E-state index in [4.69, 9.17) is 11.6 Å². The van der Waals surface area contributed by atoms with E-state index < -0.39 is 0 Å². The molecule has 0 radical (unpaired) electrons. The van der Waals surface area contributed by atoms with Gasteiger partial charge in [-0.2, -0.15) is 0 Å². The summed E-state index contributed by atoms with van der Waals surface area (Å²) in [5, 5.41) is 9.76. The van der Waals surface area contributed by atoms with E-state index >= 15 is 0 Å². The van der Waals surface area contributed by atoms with E-state index in [1.54, 1.807) is 12.3 Å². The molecular weight excluding hydrogens is 314 g/mol. The fourth-order valence-corrected chi connectivity index (χ4v) is 3.67. The Hall–Kier alpha value is -1.33. The van der Waals surface area contributed by atoms with Crippen LogP contribution < -0.4 is 4.90 Å². The largest absolute Gasteiger partial charge is 0.396 e. The molecule has 0 unspecified atom stereocenters. The van der Waals surface area contributed by atoms with E-state index in [-0.39, 0.29) is 12.5 Å². The molecule has 1 aromatic heterocycles. The molecule has 0 spiro atoms. The van der Waals surface area contributed by atoms with Crippen molar-refractivity contribution in [2.45, 2.75) is 32.1 Å². The Kier molecular flexibility index (Phi) is 5.38. The molecule has 126 valence electrons. The third kappa shape index (κ3) is 3.78. The van der Waals surface area contributed by atoms with Gasteiger partial charge < -0.3 is 14.9 Å². The number of aliphatic hydroxyl groups excluding tert-OH is 1. The van der Waals surface area contributed by atoms with Crippen LogP contribution in [-0.2, 0) is 0 Å². The lowest BCUT2D eigenvalue weighted by Gasteiger charge is -2.32. The first kappa shape index (κ1) is 16.5. The van der Waals surface area contributed by atoms with Gasteiger partial charge >= 0.3 is 0 Å². The average molecular weight is 338 g/mol. The molecule has 0 bridgehead atoms. The monoisotopic (exact) mass is 337 g/mol. The van der Waals surface area contributed by atoms with Gasteiger partial charge in [-0.3, -0.25) is 4.79 Å². The molecule has 3 rings (SSSR count). The minimum absolute atomic E-state index is 0.0321. The third-order valence-electron chi connectivity index (χ3n) is 4.88. The number of hydrogen-bond donors (Lipinski definition) is 1. The van der Waals surface area contributed by atoms with Gasteiger partial charge in [0.2, 0.25) is 0 Å². The summed E-state index contributed by atoms with van der Waals surface area (Å²) in [5.41, 5.74) is 0.575. The fourth-order valence-electron chi connectivity index (χ4n) is 3.39. The lowest BCUT2D eigenvalue weighted by molar-refractivity contribution is 0.0724. The second-order valence-corrected chi connectivity index (χ2v) is 6.90. The van der Waals surface area contributed by atoms with E-state index in [9.17, 15) is 9.90 Å². The normalized spacial score (nSPS) is 19.9. The number of aromatic nitrogens is 1. The Bertz CT molecular complexity index is 553. The van der Waals surface area contributed by atoms with Crippen molar-refractivity contribution >= 4 is 23.3 Å². The van der Waals surface area contributed by atoms with Gasteiger partial charge in [0.1, 0.15) is 5.82 Å². The van der Waals surface area contributed by atoms with Crippen molar-refractivity contribution in [1.82, 2.24) is 9.88 Å². The predicted octanol–water partition coefficient (Wildman–Crippen LogP) is 2.57. The lowest BCUT2D eigenvalue weighted by atomic mass is 9.98. The zero-order chi connectivity index (χ0) is 16.2. The highest BCUT2D eigenvalue weighted by Gasteiger charge is 2.23. The third-order valence-corrected chi connectivity index (χ3v) is 5.16. The summed E-state index contributed by atoms with van der Waals surface area (Å²) in [7, 11) is 0. The number of nitrogens with zero attached hydrogens (tertiary/aromatic N) is 3. The van der Waals surface area contributed by atoms with Gasteiger partial charge in [0, 0.05) is 39.0 Å². The molecule has 2 aliphatic rings. The van der Waals surface area contributed by atoms with Gasteiger partial charge in [0.05, 0.1) is 10.6 Å². The van der Waals surface area contributed by atoms with Crippen molar-refractivity contribution in [1.29, 1.82) is 0 Å². The molecule has 23 heavy (non-hydrogen) atoms. The van der Waals surface area contributed by atoms with Gasteiger partial charge in [-0.15, -0.1) is 0 Å². The SMILES string of the molecule is O=C(c1cnc(N2CCC(CO)CC2)c(Cl)c1)N1CCCCC1. The van der Waals surface area contributed by atoms with E-state index in [1.807, 2.05) is 4.90 Å². The molecule has 0 aromatic carbocycles. The quantitative estimate of drug-likeness (QED) is 0.921. The van der Waals surface area contributed by atoms with E-state index in [0.29, 0.717) is 16.5 Å². The van der Waals surface area contributed by atoms with Crippen molar-refractivity contribution in [3.05, 3.63) is 22.8 Å². The number of amides is 1. The summed E-state index contributed by atoms with van der Waals surface area (Å²) in [6.07, 6.45) is 6.89. The molecule has 3 heterocycles. The summed E-state index contributed by atoms with van der Waals surface area (Å²) in [6, 6.07) is 1.75. The van der Waals surface area contributed by atoms with Crippen molar-refractivity contribution in [3.63, 3.8) is 0 Å². The van der Waals surface area contributed by atoms with Gasteiger partial charge in [0.15, 0.2) is 0 Å². The van der Waals surface area contributed by atoms with Gasteiger partial charge in [-0.25, -0.2) is 4.98 Å². The maximum atomic E-state index is 12.5. The first-order valence-corrected chi connectivity index (χ1v) is 8.87. The number of halogens is 1. The molecule has 2 saturated heterocycles. The predicted molar refractivity (Wildman–Crippen MR) is 91.0 cm³/mol. The highest BCUT2D eigenvalue weighted by molar-refractivity contribution is 6.33. The summed E-state index contributed by atoms with van der Waals surface area (Å²) >= 11 is 6.39. The first-order chi connectivity index (χ1) is 11.2. The number of aliphatic hydroxyl groups is 1. The van der Waals surface area contributed by atoms with Crippen molar-refractivity contribution in [2.24, 2.45) is 5.92 Å². The van der Waals surface area contributed by atoms with Crippen LogP contribution in [0.4, 0.5) is 5.82 Å². The maximum Gasteiger partial charge on any atom is 0.255 e. The summed E-state index contributed by atoms with van der Waals surface area (Å²) < 4.78 is 0. The molecule has 1 aromatic rings. The van der Waals surface area contributed by atoms with E-state index in [0.717, 1.165) is 57.7 Å². The Morgan fingerprint density at radius 2 is 1.91 bits per heavy atom. The lowest BCUT2D eigenvalue weighted by Crippen LogP contribution is -2.36. The van der Waals surface area contributed by atoms with Crippen molar-refractivity contribution in [3.8, 4) is 0 Å². The molecule has 0 saturated carbocycles. The molecule has 5 nitrogen and oxygen atoms in total. The number of piperidine rings is 2. The zero-order valence-corrected chi connectivity index (χ0v) is 14.1. The van der Waals surface area contributed by atoms with Crippen molar-refractivity contribution < 1.29 is 9.90 Å². The highest BCUT2D eigenvalue weighted by Crippen LogP contribution is 2.28. The van der Waals surface area contributed by atoms with Crippen LogP contribution in [0, 0.1) is 5.92 Å². The number of carbonyl (C=O) groups excluding carboxylic acids is 1. The maximum absolute atomic E-state index is 12.5. The van der Waals surface area contributed by atoms with Crippen LogP contribution in [-0.4, -0.2) is 53.7 Å². The van der Waals surface area contributed by atoms with Crippen LogP contribution in [0.3, 0.4) is 0 Å². The molecule has 1 amide bonds. The van der Waals surface area contributed by atoms with E-state index in [2.05, 4.69) is 9.88 Å². The van der Waals surface area contributed by atoms with Gasteiger partial charge in [0.25, 0.3) is 5.91 Å². The van der Waals surface area contributed by atoms with Crippen LogP contribution in [0.15, 0.2) is 12.3 Å². The summed E-state index contributed by atoms with van der Waals surface area (Å²) in [5.74, 6) is 1.16. The number of rotatable bonds is 3. The van der Waals surface area contributed by atoms with Crippen LogP contribution in [0.2, 0.25) is 5.02 Å². The van der Waals surface area contributed by atoms with Gasteiger partial charge in [-0.1, -0.05) is 11.6 Å². The van der Waals surface area contributed by atoms with E-state index in [1.165, 1.54) is 6.42 Å². The Balaban J connectivity index is 1.69. The Labute approximate surface area is 142 Å². The molecular formula is C17H24ClN3O2. The summed E-state index contributed by atoms with van der Waals surface area (Å²) in [4.78, 5) is 21.0. The van der Waals surface area contributed by atoms with Crippen LogP contribution >= 0.6 is 11.6 Å². The zero-order valence-electron chi connectivity index (χ0n) is 13.4. The Morgan fingerprint density at radius 1 is 1.22 bits per heavy atom. The molecule has 1 N–H and O–H groups in total. The molecule has 0 aliphatic carbocycles. The number of hydrogen-bond acceptors (Lipinski definition) is 4. The minimum atomic E-state index is 0.0321. The average Bonchev–Trinajstić information content (AvgIpc) is 2.62. The van der Waals surface area contributed by atoms with Crippen LogP contribution in [0.5, 0.6) is 0 Å². The molecule has 2 aliphatic heterocycles. The van der Waals surface area contributed by atoms with Gasteiger partial charge in [-0.05, 0) is 44.1 Å². The molecule has 0 atom stereocenters.